The zero-order chi connectivity index (χ0) is 16.8. The van der Waals surface area contributed by atoms with Crippen LogP contribution >= 0.6 is 11.6 Å². The van der Waals surface area contributed by atoms with E-state index in [-0.39, 0.29) is 6.04 Å². The van der Waals surface area contributed by atoms with E-state index in [1.807, 2.05) is 48.5 Å². The average molecular weight is 343 g/mol. The van der Waals surface area contributed by atoms with Gasteiger partial charge >= 0.3 is 0 Å². The van der Waals surface area contributed by atoms with Gasteiger partial charge in [-0.25, -0.2) is 0 Å². The summed E-state index contributed by atoms with van der Waals surface area (Å²) in [6.07, 6.45) is 2.47. The van der Waals surface area contributed by atoms with Crippen LogP contribution in [0.25, 0.3) is 0 Å². The highest BCUT2D eigenvalue weighted by molar-refractivity contribution is 6.30. The quantitative estimate of drug-likeness (QED) is 0.640. The van der Waals surface area contributed by atoms with Gasteiger partial charge in [0, 0.05) is 10.7 Å². The molecule has 3 rings (SSSR count). The van der Waals surface area contributed by atoms with Crippen LogP contribution in [0.3, 0.4) is 0 Å². The highest BCUT2D eigenvalue weighted by atomic mass is 35.5. The molecule has 1 unspecified atom stereocenters. The normalized spacial score (nSPS) is 17.0. The van der Waals surface area contributed by atoms with Crippen LogP contribution in [0.5, 0.6) is 0 Å². The highest BCUT2D eigenvalue weighted by Crippen LogP contribution is 2.27. The molecule has 3 N–H and O–H groups in total. The third-order valence-corrected chi connectivity index (χ3v) is 4.53. The first-order valence-corrected chi connectivity index (χ1v) is 8.72. The molecular weight excluding hydrogens is 320 g/mol. The van der Waals surface area contributed by atoms with Gasteiger partial charge in [0.1, 0.15) is 0 Å². The molecule has 1 fully saturated rings. The van der Waals surface area contributed by atoms with E-state index >= 15 is 0 Å². The molecule has 4 nitrogen and oxygen atoms in total. The summed E-state index contributed by atoms with van der Waals surface area (Å²) in [4.78, 5) is 7.03. The number of para-hydroxylation sites is 1. The molecule has 1 heterocycles. The first-order valence-electron chi connectivity index (χ1n) is 8.34. The molecule has 0 spiro atoms. The number of rotatable bonds is 5. The minimum absolute atomic E-state index is 0.210. The van der Waals surface area contributed by atoms with Crippen molar-refractivity contribution in [2.45, 2.75) is 18.9 Å². The number of likely N-dealkylation sites (tertiary alicyclic amines) is 1. The number of anilines is 1. The summed E-state index contributed by atoms with van der Waals surface area (Å²) in [6.45, 7) is 2.81. The Labute approximate surface area is 148 Å². The van der Waals surface area contributed by atoms with Crippen molar-refractivity contribution < 1.29 is 0 Å². The number of hydrogen-bond donors (Lipinski definition) is 2. The summed E-state index contributed by atoms with van der Waals surface area (Å²) in [5.41, 5.74) is 8.19. The lowest BCUT2D eigenvalue weighted by Gasteiger charge is -2.26. The SMILES string of the molecule is NC(=NCC(c1cccc(Cl)c1)N1CCCC1)Nc1ccccc1. The predicted octanol–water partition coefficient (Wildman–Crippen LogP) is 3.90. The largest absolute Gasteiger partial charge is 0.370 e. The summed E-state index contributed by atoms with van der Waals surface area (Å²) >= 11 is 6.17. The number of benzene rings is 2. The van der Waals surface area contributed by atoms with Crippen molar-refractivity contribution in [1.29, 1.82) is 0 Å². The van der Waals surface area contributed by atoms with Crippen LogP contribution in [0.2, 0.25) is 5.02 Å². The lowest BCUT2D eigenvalue weighted by molar-refractivity contribution is 0.252. The smallest absolute Gasteiger partial charge is 0.193 e. The van der Waals surface area contributed by atoms with E-state index in [0.717, 1.165) is 23.8 Å². The fourth-order valence-electron chi connectivity index (χ4n) is 3.09. The first-order chi connectivity index (χ1) is 11.7. The fraction of sp³-hybridized carbons (Fsp3) is 0.316. The summed E-state index contributed by atoms with van der Waals surface area (Å²) < 4.78 is 0. The van der Waals surface area contributed by atoms with Gasteiger partial charge in [-0.05, 0) is 55.8 Å². The van der Waals surface area contributed by atoms with Gasteiger partial charge in [-0.15, -0.1) is 0 Å². The maximum atomic E-state index is 6.17. The number of aliphatic imine (C=N–C) groups is 1. The molecule has 0 aliphatic carbocycles. The van der Waals surface area contributed by atoms with E-state index in [2.05, 4.69) is 21.3 Å². The van der Waals surface area contributed by atoms with Crippen molar-refractivity contribution in [3.05, 3.63) is 65.2 Å². The lowest BCUT2D eigenvalue weighted by atomic mass is 10.1. The van der Waals surface area contributed by atoms with Gasteiger partial charge in [-0.1, -0.05) is 41.9 Å². The molecule has 5 heteroatoms. The molecule has 0 amide bonds. The molecule has 0 bridgehead atoms. The molecule has 126 valence electrons. The number of hydrogen-bond acceptors (Lipinski definition) is 2. The maximum Gasteiger partial charge on any atom is 0.193 e. The Morgan fingerprint density at radius 2 is 1.88 bits per heavy atom. The van der Waals surface area contributed by atoms with Crippen molar-refractivity contribution in [1.82, 2.24) is 4.90 Å². The summed E-state index contributed by atoms with van der Waals surface area (Å²) in [5.74, 6) is 0.437. The Hall–Kier alpha value is -2.04. The van der Waals surface area contributed by atoms with E-state index < -0.39 is 0 Å². The lowest BCUT2D eigenvalue weighted by Crippen LogP contribution is -2.30. The van der Waals surface area contributed by atoms with Crippen molar-refractivity contribution in [2.24, 2.45) is 10.7 Å². The predicted molar refractivity (Wildman–Crippen MR) is 102 cm³/mol. The van der Waals surface area contributed by atoms with Crippen LogP contribution in [0.15, 0.2) is 59.6 Å². The Balaban J connectivity index is 1.73. The van der Waals surface area contributed by atoms with E-state index in [4.69, 9.17) is 17.3 Å². The van der Waals surface area contributed by atoms with Crippen LogP contribution in [0.4, 0.5) is 5.69 Å². The average Bonchev–Trinajstić information content (AvgIpc) is 3.10. The monoisotopic (exact) mass is 342 g/mol. The minimum Gasteiger partial charge on any atom is -0.370 e. The number of nitrogens with one attached hydrogen (secondary N) is 1. The van der Waals surface area contributed by atoms with Crippen LogP contribution in [0.1, 0.15) is 24.4 Å². The highest BCUT2D eigenvalue weighted by Gasteiger charge is 2.23. The topological polar surface area (TPSA) is 53.6 Å². The second-order valence-corrected chi connectivity index (χ2v) is 6.47. The molecule has 2 aromatic carbocycles. The van der Waals surface area contributed by atoms with Crippen molar-refractivity contribution >= 4 is 23.2 Å². The molecule has 2 aromatic rings. The van der Waals surface area contributed by atoms with E-state index in [9.17, 15) is 0 Å². The van der Waals surface area contributed by atoms with Crippen LogP contribution in [-0.4, -0.2) is 30.5 Å². The van der Waals surface area contributed by atoms with Gasteiger partial charge in [0.2, 0.25) is 0 Å². The van der Waals surface area contributed by atoms with E-state index in [0.29, 0.717) is 12.5 Å². The third kappa shape index (κ3) is 4.49. The number of nitrogens with two attached hydrogens (primary N) is 1. The molecule has 0 saturated carbocycles. The van der Waals surface area contributed by atoms with E-state index in [1.54, 1.807) is 0 Å². The van der Waals surface area contributed by atoms with Gasteiger partial charge in [-0.3, -0.25) is 9.89 Å². The molecule has 1 atom stereocenters. The van der Waals surface area contributed by atoms with Crippen LogP contribution in [-0.2, 0) is 0 Å². The molecule has 24 heavy (non-hydrogen) atoms. The second kappa shape index (κ2) is 8.18. The Kier molecular flexibility index (Phi) is 5.72. The van der Waals surface area contributed by atoms with Crippen molar-refractivity contribution in [3.63, 3.8) is 0 Å². The Morgan fingerprint density at radius 3 is 2.58 bits per heavy atom. The molecule has 0 radical (unpaired) electrons. The van der Waals surface area contributed by atoms with Crippen LogP contribution in [0, 0.1) is 0 Å². The van der Waals surface area contributed by atoms with Gasteiger partial charge in [-0.2, -0.15) is 0 Å². The standard InChI is InChI=1S/C19H23ClN4/c20-16-8-6-7-15(13-16)18(24-11-4-5-12-24)14-22-19(21)23-17-9-2-1-3-10-17/h1-3,6-10,13,18H,4-5,11-12,14H2,(H3,21,22,23). The number of halogens is 1. The van der Waals surface area contributed by atoms with Gasteiger partial charge in [0.15, 0.2) is 5.96 Å². The summed E-state index contributed by atoms with van der Waals surface area (Å²) in [7, 11) is 0. The molecular formula is C19H23ClN4. The van der Waals surface area contributed by atoms with Crippen molar-refractivity contribution in [3.8, 4) is 0 Å². The summed E-state index contributed by atoms with van der Waals surface area (Å²) in [6, 6.07) is 18.1. The molecule has 0 aromatic heterocycles. The third-order valence-electron chi connectivity index (χ3n) is 4.30. The Morgan fingerprint density at radius 1 is 1.12 bits per heavy atom. The maximum absolute atomic E-state index is 6.17. The van der Waals surface area contributed by atoms with Crippen molar-refractivity contribution in [2.75, 3.05) is 25.0 Å². The summed E-state index contributed by atoms with van der Waals surface area (Å²) in [5, 5.41) is 3.89. The van der Waals surface area contributed by atoms with Gasteiger partial charge in [0.25, 0.3) is 0 Å². The molecule has 1 aliphatic rings. The zero-order valence-electron chi connectivity index (χ0n) is 13.7. The second-order valence-electron chi connectivity index (χ2n) is 6.03. The van der Waals surface area contributed by atoms with E-state index in [1.165, 1.54) is 18.4 Å². The van der Waals surface area contributed by atoms with Gasteiger partial charge in [0.05, 0.1) is 12.6 Å². The van der Waals surface area contributed by atoms with Gasteiger partial charge < -0.3 is 11.1 Å². The molecule has 1 saturated heterocycles. The minimum atomic E-state index is 0.210. The number of guanidine groups is 1. The Bertz CT molecular complexity index is 681. The van der Waals surface area contributed by atoms with Crippen LogP contribution < -0.4 is 11.1 Å². The molecule has 1 aliphatic heterocycles. The zero-order valence-corrected chi connectivity index (χ0v) is 14.4. The fourth-order valence-corrected chi connectivity index (χ4v) is 3.29. The first kappa shape index (κ1) is 16.8. The number of nitrogens with zero attached hydrogens (tertiary/aromatic N) is 2.